The normalized spacial score (nSPS) is 11.4. The fourth-order valence-corrected chi connectivity index (χ4v) is 3.43. The molecule has 26 heavy (non-hydrogen) atoms. The highest BCUT2D eigenvalue weighted by atomic mass is 32.2. The highest BCUT2D eigenvalue weighted by Crippen LogP contribution is 2.17. The van der Waals surface area contributed by atoms with E-state index in [9.17, 15) is 13.2 Å². The molecule has 140 valence electrons. The Balaban J connectivity index is 2.04. The average molecular weight is 377 g/mol. The number of hydrogen-bond donors (Lipinski definition) is 3. The number of rotatable bonds is 8. The standard InChI is InChI=1S/C18H23N3O4S/c1-13(2)21-26(23,24)17-9-3-14(4-10-17)18(22)20-15-5-7-16(8-6-15)25-12-11-19/h3-10,13,21H,11-12,19H2,1-2H3,(H,20,22). The number of ether oxygens (including phenoxy) is 1. The van der Waals surface area contributed by atoms with E-state index in [2.05, 4.69) is 10.0 Å². The van der Waals surface area contributed by atoms with Crippen molar-refractivity contribution in [2.45, 2.75) is 24.8 Å². The average Bonchev–Trinajstić information content (AvgIpc) is 2.60. The molecule has 0 atom stereocenters. The Hall–Kier alpha value is -2.42. The highest BCUT2D eigenvalue weighted by molar-refractivity contribution is 7.89. The summed E-state index contributed by atoms with van der Waals surface area (Å²) in [6.45, 7) is 4.33. The molecule has 0 aliphatic heterocycles. The largest absolute Gasteiger partial charge is 0.492 e. The molecule has 0 saturated heterocycles. The fourth-order valence-electron chi connectivity index (χ4n) is 2.18. The van der Waals surface area contributed by atoms with E-state index in [4.69, 9.17) is 10.5 Å². The van der Waals surface area contributed by atoms with Crippen LogP contribution in [0.25, 0.3) is 0 Å². The number of nitrogens with one attached hydrogen (secondary N) is 2. The van der Waals surface area contributed by atoms with Crippen LogP contribution in [0.5, 0.6) is 5.75 Å². The molecule has 2 aromatic rings. The minimum atomic E-state index is -3.58. The highest BCUT2D eigenvalue weighted by Gasteiger charge is 2.16. The van der Waals surface area contributed by atoms with Gasteiger partial charge in [-0.2, -0.15) is 0 Å². The van der Waals surface area contributed by atoms with E-state index in [-0.39, 0.29) is 16.8 Å². The van der Waals surface area contributed by atoms with E-state index in [0.29, 0.717) is 30.2 Å². The first-order chi connectivity index (χ1) is 12.3. The number of carbonyl (C=O) groups is 1. The smallest absolute Gasteiger partial charge is 0.255 e. The number of benzene rings is 2. The molecule has 7 nitrogen and oxygen atoms in total. The Morgan fingerprint density at radius 1 is 1.08 bits per heavy atom. The second-order valence-corrected chi connectivity index (χ2v) is 7.63. The van der Waals surface area contributed by atoms with Gasteiger partial charge in [-0.1, -0.05) is 0 Å². The molecule has 0 spiro atoms. The summed E-state index contributed by atoms with van der Waals surface area (Å²) in [7, 11) is -3.58. The summed E-state index contributed by atoms with van der Waals surface area (Å²) in [5.41, 5.74) is 6.34. The van der Waals surface area contributed by atoms with Crippen LogP contribution in [-0.2, 0) is 10.0 Å². The van der Waals surface area contributed by atoms with E-state index in [0.717, 1.165) is 0 Å². The summed E-state index contributed by atoms with van der Waals surface area (Å²) >= 11 is 0. The van der Waals surface area contributed by atoms with Crippen molar-refractivity contribution < 1.29 is 17.9 Å². The number of amides is 1. The molecule has 0 fully saturated rings. The maximum absolute atomic E-state index is 12.3. The third-order valence-electron chi connectivity index (χ3n) is 3.32. The number of carbonyl (C=O) groups excluding carboxylic acids is 1. The van der Waals surface area contributed by atoms with Crippen LogP contribution in [0.4, 0.5) is 5.69 Å². The molecule has 8 heteroatoms. The summed E-state index contributed by atoms with van der Waals surface area (Å²) in [5.74, 6) is 0.335. The first-order valence-corrected chi connectivity index (χ1v) is 9.67. The third kappa shape index (κ3) is 5.55. The zero-order valence-electron chi connectivity index (χ0n) is 14.7. The maximum atomic E-state index is 12.3. The van der Waals surface area contributed by atoms with Gasteiger partial charge < -0.3 is 15.8 Å². The van der Waals surface area contributed by atoms with Crippen LogP contribution < -0.4 is 20.5 Å². The molecule has 0 unspecified atom stereocenters. The summed E-state index contributed by atoms with van der Waals surface area (Å²) in [6, 6.07) is 12.5. The fraction of sp³-hybridized carbons (Fsp3) is 0.278. The molecule has 2 aromatic carbocycles. The van der Waals surface area contributed by atoms with Crippen molar-refractivity contribution in [3.05, 3.63) is 54.1 Å². The van der Waals surface area contributed by atoms with Crippen LogP contribution in [0.2, 0.25) is 0 Å². The third-order valence-corrected chi connectivity index (χ3v) is 4.99. The lowest BCUT2D eigenvalue weighted by atomic mass is 10.2. The van der Waals surface area contributed by atoms with Gasteiger partial charge in [0.1, 0.15) is 12.4 Å². The van der Waals surface area contributed by atoms with Crippen LogP contribution in [0.15, 0.2) is 53.4 Å². The Bertz CT molecular complexity index is 832. The number of hydrogen-bond acceptors (Lipinski definition) is 5. The molecule has 0 aromatic heterocycles. The molecule has 0 aliphatic rings. The molecule has 0 radical (unpaired) electrons. The van der Waals surface area contributed by atoms with E-state index in [1.54, 1.807) is 38.1 Å². The number of anilines is 1. The topological polar surface area (TPSA) is 111 Å². The van der Waals surface area contributed by atoms with Gasteiger partial charge in [-0.05, 0) is 62.4 Å². The Kier molecular flexibility index (Phi) is 6.73. The summed E-state index contributed by atoms with van der Waals surface area (Å²) in [6.07, 6.45) is 0. The lowest BCUT2D eigenvalue weighted by Crippen LogP contribution is -2.30. The van der Waals surface area contributed by atoms with Gasteiger partial charge in [0.2, 0.25) is 10.0 Å². The van der Waals surface area contributed by atoms with Crippen molar-refractivity contribution in [2.75, 3.05) is 18.5 Å². The van der Waals surface area contributed by atoms with Gasteiger partial charge in [0, 0.05) is 23.8 Å². The Labute approximate surface area is 153 Å². The van der Waals surface area contributed by atoms with Gasteiger partial charge in [-0.3, -0.25) is 4.79 Å². The second kappa shape index (κ2) is 8.79. The summed E-state index contributed by atoms with van der Waals surface area (Å²) in [4.78, 5) is 12.4. The zero-order valence-corrected chi connectivity index (χ0v) is 15.5. The van der Waals surface area contributed by atoms with Gasteiger partial charge in [-0.15, -0.1) is 0 Å². The molecule has 4 N–H and O–H groups in total. The van der Waals surface area contributed by atoms with Gasteiger partial charge in [0.25, 0.3) is 5.91 Å². The molecule has 1 amide bonds. The predicted molar refractivity (Wildman–Crippen MR) is 101 cm³/mol. The van der Waals surface area contributed by atoms with Crippen LogP contribution in [0.3, 0.4) is 0 Å². The van der Waals surface area contributed by atoms with Crippen molar-refractivity contribution in [1.29, 1.82) is 0 Å². The zero-order chi connectivity index (χ0) is 19.2. The van der Waals surface area contributed by atoms with Crippen LogP contribution >= 0.6 is 0 Å². The van der Waals surface area contributed by atoms with Gasteiger partial charge >= 0.3 is 0 Å². The summed E-state index contributed by atoms with van der Waals surface area (Å²) in [5, 5.41) is 2.75. The molecule has 0 saturated carbocycles. The second-order valence-electron chi connectivity index (χ2n) is 5.92. The van der Waals surface area contributed by atoms with Gasteiger partial charge in [0.05, 0.1) is 4.90 Å². The molecule has 0 aliphatic carbocycles. The van der Waals surface area contributed by atoms with Gasteiger partial charge in [0.15, 0.2) is 0 Å². The maximum Gasteiger partial charge on any atom is 0.255 e. The lowest BCUT2D eigenvalue weighted by molar-refractivity contribution is 0.102. The van der Waals surface area contributed by atoms with E-state index in [1.807, 2.05) is 0 Å². The first-order valence-electron chi connectivity index (χ1n) is 8.18. The van der Waals surface area contributed by atoms with Crippen molar-refractivity contribution >= 4 is 21.6 Å². The molecular weight excluding hydrogens is 354 g/mol. The SMILES string of the molecule is CC(C)NS(=O)(=O)c1ccc(C(=O)Nc2ccc(OCCN)cc2)cc1. The Morgan fingerprint density at radius 2 is 1.69 bits per heavy atom. The lowest BCUT2D eigenvalue weighted by Gasteiger charge is -2.10. The number of nitrogens with two attached hydrogens (primary N) is 1. The molecule has 0 bridgehead atoms. The van der Waals surface area contributed by atoms with Crippen molar-refractivity contribution in [1.82, 2.24) is 4.72 Å². The predicted octanol–water partition coefficient (Wildman–Crippen LogP) is 1.96. The molecule has 2 rings (SSSR count). The van der Waals surface area contributed by atoms with Crippen molar-refractivity contribution in [3.8, 4) is 5.75 Å². The molecular formula is C18H23N3O4S. The van der Waals surface area contributed by atoms with Gasteiger partial charge in [-0.25, -0.2) is 13.1 Å². The number of sulfonamides is 1. The minimum Gasteiger partial charge on any atom is -0.492 e. The van der Waals surface area contributed by atoms with E-state index < -0.39 is 10.0 Å². The van der Waals surface area contributed by atoms with Crippen LogP contribution in [0, 0.1) is 0 Å². The van der Waals surface area contributed by atoms with Crippen LogP contribution in [0.1, 0.15) is 24.2 Å². The minimum absolute atomic E-state index is 0.115. The monoisotopic (exact) mass is 377 g/mol. The van der Waals surface area contributed by atoms with Crippen LogP contribution in [-0.4, -0.2) is 33.5 Å². The quantitative estimate of drug-likeness (QED) is 0.651. The summed E-state index contributed by atoms with van der Waals surface area (Å²) < 4.78 is 32.0. The molecule has 0 heterocycles. The van der Waals surface area contributed by atoms with E-state index >= 15 is 0 Å². The van der Waals surface area contributed by atoms with Crippen molar-refractivity contribution in [2.24, 2.45) is 5.73 Å². The first kappa shape index (κ1) is 19.9. The Morgan fingerprint density at radius 3 is 2.23 bits per heavy atom. The van der Waals surface area contributed by atoms with E-state index in [1.165, 1.54) is 24.3 Å². The van der Waals surface area contributed by atoms with Crippen molar-refractivity contribution in [3.63, 3.8) is 0 Å².